The molecule has 0 aliphatic rings. The van der Waals surface area contributed by atoms with Crippen LogP contribution in [0, 0.1) is 0 Å². The van der Waals surface area contributed by atoms with Crippen molar-refractivity contribution in [2.24, 2.45) is 0 Å². The van der Waals surface area contributed by atoms with Crippen molar-refractivity contribution in [3.05, 3.63) is 58.6 Å². The summed E-state index contributed by atoms with van der Waals surface area (Å²) in [7, 11) is 0. The van der Waals surface area contributed by atoms with E-state index in [1.54, 1.807) is 35.7 Å². The van der Waals surface area contributed by atoms with Crippen LogP contribution in [0.3, 0.4) is 0 Å². The van der Waals surface area contributed by atoms with Gasteiger partial charge >= 0.3 is 0 Å². The molecule has 2 aromatic carbocycles. The lowest BCUT2D eigenvalue weighted by atomic mass is 10.2. The van der Waals surface area contributed by atoms with E-state index in [4.69, 9.17) is 29.0 Å². The van der Waals surface area contributed by atoms with E-state index in [1.165, 1.54) is 9.57 Å². The fourth-order valence-electron chi connectivity index (χ4n) is 1.99. The number of nitrogens with two attached hydrogens (primary N) is 1. The van der Waals surface area contributed by atoms with E-state index >= 15 is 0 Å². The minimum Gasteiger partial charge on any atom is -0.335 e. The van der Waals surface area contributed by atoms with Crippen molar-refractivity contribution in [1.29, 1.82) is 0 Å². The second-order valence-electron chi connectivity index (χ2n) is 4.83. The molecule has 0 aliphatic heterocycles. The van der Waals surface area contributed by atoms with Crippen molar-refractivity contribution in [1.82, 2.24) is 14.9 Å². The highest BCUT2D eigenvalue weighted by atomic mass is 35.5. The Bertz CT molecular complexity index is 804. The number of halogens is 2. The lowest BCUT2D eigenvalue weighted by Crippen LogP contribution is -2.11. The molecule has 24 heavy (non-hydrogen) atoms. The van der Waals surface area contributed by atoms with Gasteiger partial charge in [0.1, 0.15) is 0 Å². The molecule has 3 rings (SSSR count). The number of hydrogen-bond acceptors (Lipinski definition) is 5. The second-order valence-corrected chi connectivity index (χ2v) is 7.94. The van der Waals surface area contributed by atoms with Crippen molar-refractivity contribution >= 4 is 46.7 Å². The lowest BCUT2D eigenvalue weighted by molar-refractivity contribution is 0.850. The number of hydrogen-bond donors (Lipinski definition) is 1. The third kappa shape index (κ3) is 4.39. The summed E-state index contributed by atoms with van der Waals surface area (Å²) in [6.45, 7) is 0. The molecule has 2 N–H and O–H groups in total. The molecule has 1 heterocycles. The molecule has 8 heteroatoms. The summed E-state index contributed by atoms with van der Waals surface area (Å²) >= 11 is 15.1. The van der Waals surface area contributed by atoms with Gasteiger partial charge in [0.15, 0.2) is 5.82 Å². The molecular formula is C16H14Cl2N4S2. The average molecular weight is 397 g/mol. The Balaban J connectivity index is 1.56. The molecular weight excluding hydrogens is 383 g/mol. The van der Waals surface area contributed by atoms with Crippen LogP contribution in [0.25, 0.3) is 11.4 Å². The number of aromatic nitrogens is 3. The summed E-state index contributed by atoms with van der Waals surface area (Å²) in [4.78, 5) is 1.19. The third-order valence-corrected chi connectivity index (χ3v) is 5.88. The van der Waals surface area contributed by atoms with Gasteiger partial charge in [0, 0.05) is 32.0 Å². The van der Waals surface area contributed by atoms with Gasteiger partial charge in [-0.3, -0.25) is 0 Å². The van der Waals surface area contributed by atoms with Gasteiger partial charge in [-0.05, 0) is 48.5 Å². The molecule has 0 saturated carbocycles. The van der Waals surface area contributed by atoms with E-state index in [-0.39, 0.29) is 0 Å². The van der Waals surface area contributed by atoms with Gasteiger partial charge in [-0.25, -0.2) is 4.68 Å². The van der Waals surface area contributed by atoms with E-state index in [1.807, 2.05) is 36.4 Å². The zero-order valence-corrected chi connectivity index (χ0v) is 15.7. The van der Waals surface area contributed by atoms with Gasteiger partial charge in [-0.2, -0.15) is 0 Å². The van der Waals surface area contributed by atoms with E-state index in [9.17, 15) is 0 Å². The predicted molar refractivity (Wildman–Crippen MR) is 104 cm³/mol. The van der Waals surface area contributed by atoms with Crippen LogP contribution in [0.4, 0.5) is 0 Å². The van der Waals surface area contributed by atoms with Crippen LogP contribution >= 0.6 is 46.7 Å². The highest BCUT2D eigenvalue weighted by molar-refractivity contribution is 8.02. The summed E-state index contributed by atoms with van der Waals surface area (Å²) < 4.78 is 1.51. The first kappa shape index (κ1) is 17.5. The maximum absolute atomic E-state index is 6.10. The quantitative estimate of drug-likeness (QED) is 0.366. The van der Waals surface area contributed by atoms with Crippen LogP contribution in [0.15, 0.2) is 58.6 Å². The molecule has 0 bridgehead atoms. The van der Waals surface area contributed by atoms with Crippen molar-refractivity contribution in [2.75, 3.05) is 17.3 Å². The molecule has 0 saturated heterocycles. The molecule has 0 unspecified atom stereocenters. The van der Waals surface area contributed by atoms with E-state index in [2.05, 4.69) is 10.2 Å². The summed E-state index contributed by atoms with van der Waals surface area (Å²) in [5.74, 6) is 8.54. The largest absolute Gasteiger partial charge is 0.335 e. The fourth-order valence-corrected chi connectivity index (χ4v) is 3.98. The summed E-state index contributed by atoms with van der Waals surface area (Å²) in [6.07, 6.45) is 0. The molecule has 124 valence electrons. The first-order valence-electron chi connectivity index (χ1n) is 7.11. The molecule has 3 aromatic rings. The van der Waals surface area contributed by atoms with Crippen LogP contribution in [0.1, 0.15) is 0 Å². The molecule has 0 amide bonds. The number of rotatable bonds is 6. The van der Waals surface area contributed by atoms with Crippen LogP contribution in [-0.4, -0.2) is 26.4 Å². The Morgan fingerprint density at radius 1 is 0.833 bits per heavy atom. The number of nitrogens with zero attached hydrogens (tertiary/aromatic N) is 3. The highest BCUT2D eigenvalue weighted by Gasteiger charge is 2.12. The van der Waals surface area contributed by atoms with Gasteiger partial charge < -0.3 is 5.84 Å². The van der Waals surface area contributed by atoms with Gasteiger partial charge in [-0.1, -0.05) is 35.0 Å². The second kappa shape index (κ2) is 8.16. The Hall–Kier alpha value is -1.34. The molecule has 0 spiro atoms. The topological polar surface area (TPSA) is 56.7 Å². The third-order valence-electron chi connectivity index (χ3n) is 3.16. The maximum atomic E-state index is 6.10. The van der Waals surface area contributed by atoms with Gasteiger partial charge in [-0.15, -0.1) is 22.0 Å². The Morgan fingerprint density at radius 2 is 1.42 bits per heavy atom. The van der Waals surface area contributed by atoms with E-state index in [0.29, 0.717) is 16.0 Å². The summed E-state index contributed by atoms with van der Waals surface area (Å²) in [5.41, 5.74) is 0.886. The van der Waals surface area contributed by atoms with Crippen molar-refractivity contribution < 1.29 is 0 Å². The molecule has 4 nitrogen and oxygen atoms in total. The van der Waals surface area contributed by atoms with E-state index in [0.717, 1.165) is 22.1 Å². The Morgan fingerprint density at radius 3 is 2.08 bits per heavy atom. The van der Waals surface area contributed by atoms with Crippen molar-refractivity contribution in [3.8, 4) is 11.4 Å². The predicted octanol–water partition coefficient (Wildman–Crippen LogP) is 4.85. The Kier molecular flexibility index (Phi) is 5.94. The number of nitrogen functional groups attached to an aromatic ring is 1. The zero-order valence-electron chi connectivity index (χ0n) is 12.5. The minimum absolute atomic E-state index is 0.625. The SMILES string of the molecule is Nn1c(SCCSc2ccc(Cl)cc2)nnc1-c1ccc(Cl)cc1. The standard InChI is InChI=1S/C16H14Cl2N4S2/c17-12-3-1-11(2-4-12)15-20-21-16(22(15)19)24-10-9-23-14-7-5-13(18)6-8-14/h1-8H,9-10,19H2. The lowest BCUT2D eigenvalue weighted by Gasteiger charge is -2.04. The van der Waals surface area contributed by atoms with E-state index < -0.39 is 0 Å². The van der Waals surface area contributed by atoms with Gasteiger partial charge in [0.05, 0.1) is 0 Å². The minimum atomic E-state index is 0.625. The van der Waals surface area contributed by atoms with Crippen LogP contribution in [0.5, 0.6) is 0 Å². The molecule has 0 atom stereocenters. The monoisotopic (exact) mass is 396 g/mol. The van der Waals surface area contributed by atoms with Gasteiger partial charge in [0.2, 0.25) is 5.16 Å². The number of thioether (sulfide) groups is 2. The van der Waals surface area contributed by atoms with Crippen molar-refractivity contribution in [3.63, 3.8) is 0 Å². The van der Waals surface area contributed by atoms with Crippen LogP contribution < -0.4 is 5.84 Å². The molecule has 0 fully saturated rings. The Labute approximate surface area is 158 Å². The first-order chi connectivity index (χ1) is 11.6. The summed E-state index contributed by atoms with van der Waals surface area (Å²) in [6, 6.07) is 15.2. The van der Waals surface area contributed by atoms with Crippen molar-refractivity contribution in [2.45, 2.75) is 10.1 Å². The zero-order chi connectivity index (χ0) is 16.9. The normalized spacial score (nSPS) is 10.9. The molecule has 0 radical (unpaired) electrons. The molecule has 0 aliphatic carbocycles. The van der Waals surface area contributed by atoms with Crippen LogP contribution in [-0.2, 0) is 0 Å². The first-order valence-corrected chi connectivity index (χ1v) is 9.84. The molecule has 1 aromatic heterocycles. The average Bonchev–Trinajstić information content (AvgIpc) is 2.95. The highest BCUT2D eigenvalue weighted by Crippen LogP contribution is 2.25. The number of benzene rings is 2. The van der Waals surface area contributed by atoms with Crippen LogP contribution in [0.2, 0.25) is 10.0 Å². The van der Waals surface area contributed by atoms with Gasteiger partial charge in [0.25, 0.3) is 0 Å². The smallest absolute Gasteiger partial charge is 0.210 e. The summed E-state index contributed by atoms with van der Waals surface area (Å²) in [5, 5.41) is 10.4. The maximum Gasteiger partial charge on any atom is 0.210 e. The fraction of sp³-hybridized carbons (Fsp3) is 0.125.